The maximum absolute atomic E-state index is 13.0. The molecule has 3 aromatic rings. The van der Waals surface area contributed by atoms with Gasteiger partial charge >= 0.3 is 0 Å². The zero-order valence-electron chi connectivity index (χ0n) is 15.3. The maximum Gasteiger partial charge on any atom is 0.257 e. The SMILES string of the molecule is O=C(CCc1ccccc1)C1CCCN(C(=O)c2cnn3ccccc23)C1. The number of benzene rings is 1. The molecule has 0 N–H and O–H groups in total. The minimum atomic E-state index is -0.0618. The zero-order chi connectivity index (χ0) is 18.6. The van der Waals surface area contributed by atoms with E-state index in [4.69, 9.17) is 0 Å². The summed E-state index contributed by atoms with van der Waals surface area (Å²) in [4.78, 5) is 27.5. The molecule has 5 nitrogen and oxygen atoms in total. The minimum Gasteiger partial charge on any atom is -0.338 e. The lowest BCUT2D eigenvalue weighted by atomic mass is 9.90. The van der Waals surface area contributed by atoms with Crippen LogP contribution in [-0.4, -0.2) is 39.3 Å². The number of Topliss-reactive ketones (excluding diaryl/α,β-unsaturated/α-hetero) is 1. The zero-order valence-corrected chi connectivity index (χ0v) is 15.3. The third-order valence-corrected chi connectivity index (χ3v) is 5.32. The molecule has 1 aliphatic heterocycles. The van der Waals surface area contributed by atoms with Crippen LogP contribution in [0.5, 0.6) is 0 Å². The highest BCUT2D eigenvalue weighted by Crippen LogP contribution is 2.22. The van der Waals surface area contributed by atoms with Crippen molar-refractivity contribution in [2.24, 2.45) is 5.92 Å². The van der Waals surface area contributed by atoms with E-state index in [9.17, 15) is 9.59 Å². The summed E-state index contributed by atoms with van der Waals surface area (Å²) in [6.07, 6.45) is 6.49. The minimum absolute atomic E-state index is 0.0308. The Morgan fingerprint density at radius 2 is 1.89 bits per heavy atom. The number of carbonyl (C=O) groups is 2. The van der Waals surface area contributed by atoms with Gasteiger partial charge in [-0.15, -0.1) is 0 Å². The second-order valence-corrected chi connectivity index (χ2v) is 7.13. The smallest absolute Gasteiger partial charge is 0.257 e. The number of hydrogen-bond donors (Lipinski definition) is 0. The van der Waals surface area contributed by atoms with Crippen LogP contribution in [0.4, 0.5) is 0 Å². The van der Waals surface area contributed by atoms with Crippen molar-refractivity contribution >= 4 is 17.2 Å². The fourth-order valence-corrected chi connectivity index (χ4v) is 3.81. The quantitative estimate of drug-likeness (QED) is 0.700. The van der Waals surface area contributed by atoms with Crippen LogP contribution in [0.3, 0.4) is 0 Å². The normalized spacial score (nSPS) is 17.2. The largest absolute Gasteiger partial charge is 0.338 e. The molecule has 4 rings (SSSR count). The van der Waals surface area contributed by atoms with Gasteiger partial charge in [-0.1, -0.05) is 36.4 Å². The summed E-state index contributed by atoms with van der Waals surface area (Å²) in [7, 11) is 0. The van der Waals surface area contributed by atoms with E-state index < -0.39 is 0 Å². The number of piperidine rings is 1. The molecular weight excluding hydrogens is 338 g/mol. The highest BCUT2D eigenvalue weighted by Gasteiger charge is 2.29. The second-order valence-electron chi connectivity index (χ2n) is 7.13. The number of carbonyl (C=O) groups excluding carboxylic acids is 2. The van der Waals surface area contributed by atoms with Gasteiger partial charge in [0.05, 0.1) is 17.3 Å². The number of pyridine rings is 1. The summed E-state index contributed by atoms with van der Waals surface area (Å²) >= 11 is 0. The van der Waals surface area contributed by atoms with Gasteiger partial charge < -0.3 is 4.90 Å². The summed E-state index contributed by atoms with van der Waals surface area (Å²) in [5.41, 5.74) is 2.59. The first kappa shape index (κ1) is 17.5. The molecule has 0 aliphatic carbocycles. The molecule has 138 valence electrons. The van der Waals surface area contributed by atoms with E-state index in [-0.39, 0.29) is 17.6 Å². The van der Waals surface area contributed by atoms with Crippen molar-refractivity contribution in [3.63, 3.8) is 0 Å². The number of nitrogens with zero attached hydrogens (tertiary/aromatic N) is 3. The number of fused-ring (bicyclic) bond motifs is 1. The van der Waals surface area contributed by atoms with Gasteiger partial charge in [0.2, 0.25) is 0 Å². The number of hydrogen-bond acceptors (Lipinski definition) is 3. The fourth-order valence-electron chi connectivity index (χ4n) is 3.81. The molecule has 1 aromatic carbocycles. The molecule has 1 amide bonds. The number of likely N-dealkylation sites (tertiary alicyclic amines) is 1. The number of aromatic nitrogens is 2. The second kappa shape index (κ2) is 7.74. The van der Waals surface area contributed by atoms with Gasteiger partial charge in [-0.2, -0.15) is 5.10 Å². The molecule has 0 radical (unpaired) electrons. The van der Waals surface area contributed by atoms with Crippen LogP contribution in [0.15, 0.2) is 60.9 Å². The van der Waals surface area contributed by atoms with E-state index in [1.54, 1.807) is 10.7 Å². The Bertz CT molecular complexity index is 948. The third kappa shape index (κ3) is 3.77. The van der Waals surface area contributed by atoms with Gasteiger partial charge in [-0.05, 0) is 37.0 Å². The molecule has 1 aliphatic rings. The van der Waals surface area contributed by atoms with Crippen LogP contribution in [-0.2, 0) is 11.2 Å². The van der Waals surface area contributed by atoms with Crippen molar-refractivity contribution in [3.05, 3.63) is 72.1 Å². The first-order valence-electron chi connectivity index (χ1n) is 9.50. The van der Waals surface area contributed by atoms with Crippen LogP contribution < -0.4 is 0 Å². The number of amides is 1. The van der Waals surface area contributed by atoms with Crippen LogP contribution >= 0.6 is 0 Å². The number of ketones is 1. The Morgan fingerprint density at radius 3 is 2.74 bits per heavy atom. The van der Waals surface area contributed by atoms with Gasteiger partial charge in [0, 0.05) is 31.6 Å². The number of rotatable bonds is 5. The van der Waals surface area contributed by atoms with Crippen molar-refractivity contribution in [2.45, 2.75) is 25.7 Å². The summed E-state index contributed by atoms with van der Waals surface area (Å²) in [5, 5.41) is 4.25. The summed E-state index contributed by atoms with van der Waals surface area (Å²) in [6.45, 7) is 1.21. The lowest BCUT2D eigenvalue weighted by Crippen LogP contribution is -2.42. The van der Waals surface area contributed by atoms with E-state index >= 15 is 0 Å². The van der Waals surface area contributed by atoms with Crippen molar-refractivity contribution in [2.75, 3.05) is 13.1 Å². The van der Waals surface area contributed by atoms with E-state index in [1.165, 1.54) is 5.56 Å². The molecule has 3 heterocycles. The Morgan fingerprint density at radius 1 is 1.07 bits per heavy atom. The Balaban J connectivity index is 1.41. The molecule has 1 atom stereocenters. The van der Waals surface area contributed by atoms with Crippen LogP contribution in [0.1, 0.15) is 35.2 Å². The van der Waals surface area contributed by atoms with Gasteiger partial charge in [0.15, 0.2) is 0 Å². The predicted molar refractivity (Wildman–Crippen MR) is 104 cm³/mol. The summed E-state index contributed by atoms with van der Waals surface area (Å²) < 4.78 is 1.71. The topological polar surface area (TPSA) is 54.7 Å². The molecule has 1 fully saturated rings. The van der Waals surface area contributed by atoms with Crippen molar-refractivity contribution in [1.82, 2.24) is 14.5 Å². The monoisotopic (exact) mass is 361 g/mol. The fraction of sp³-hybridized carbons (Fsp3) is 0.318. The highest BCUT2D eigenvalue weighted by atomic mass is 16.2. The molecule has 1 unspecified atom stereocenters. The molecule has 2 aromatic heterocycles. The van der Waals surface area contributed by atoms with Gasteiger partial charge in [0.25, 0.3) is 5.91 Å². The molecule has 0 bridgehead atoms. The molecule has 5 heteroatoms. The molecule has 1 saturated heterocycles. The number of aryl methyl sites for hydroxylation is 1. The average Bonchev–Trinajstić information content (AvgIpc) is 3.16. The van der Waals surface area contributed by atoms with E-state index in [2.05, 4.69) is 17.2 Å². The molecular formula is C22H23N3O2. The third-order valence-electron chi connectivity index (χ3n) is 5.32. The van der Waals surface area contributed by atoms with Crippen molar-refractivity contribution in [1.29, 1.82) is 0 Å². The van der Waals surface area contributed by atoms with Crippen LogP contribution in [0.25, 0.3) is 5.52 Å². The molecule has 0 spiro atoms. The van der Waals surface area contributed by atoms with E-state index in [0.29, 0.717) is 25.1 Å². The summed E-state index contributed by atoms with van der Waals surface area (Å²) in [6, 6.07) is 15.8. The van der Waals surface area contributed by atoms with E-state index in [1.807, 2.05) is 47.5 Å². The Labute approximate surface area is 158 Å². The lowest BCUT2D eigenvalue weighted by Gasteiger charge is -2.32. The average molecular weight is 361 g/mol. The lowest BCUT2D eigenvalue weighted by molar-refractivity contribution is -0.124. The van der Waals surface area contributed by atoms with Gasteiger partial charge in [-0.25, -0.2) is 4.52 Å². The molecule has 0 saturated carbocycles. The van der Waals surface area contributed by atoms with Crippen molar-refractivity contribution < 1.29 is 9.59 Å². The maximum atomic E-state index is 13.0. The van der Waals surface area contributed by atoms with Crippen LogP contribution in [0.2, 0.25) is 0 Å². The first-order chi connectivity index (χ1) is 13.2. The van der Waals surface area contributed by atoms with E-state index in [0.717, 1.165) is 24.8 Å². The van der Waals surface area contributed by atoms with Gasteiger partial charge in [-0.3, -0.25) is 9.59 Å². The molecule has 27 heavy (non-hydrogen) atoms. The highest BCUT2D eigenvalue weighted by molar-refractivity contribution is 6.00. The Kier molecular flexibility index (Phi) is 5.01. The predicted octanol–water partition coefficient (Wildman–Crippen LogP) is 3.39. The standard InChI is InChI=1S/C22H23N3O2/c26-21(12-11-17-7-2-1-3-8-17)18-9-6-13-24(16-18)22(27)19-15-23-25-14-5-4-10-20(19)25/h1-5,7-8,10,14-15,18H,6,9,11-13,16H2. The van der Waals surface area contributed by atoms with Crippen molar-refractivity contribution in [3.8, 4) is 0 Å². The first-order valence-corrected chi connectivity index (χ1v) is 9.50. The van der Waals surface area contributed by atoms with Gasteiger partial charge in [0.1, 0.15) is 5.78 Å². The summed E-state index contributed by atoms with van der Waals surface area (Å²) in [5.74, 6) is 0.168. The van der Waals surface area contributed by atoms with Crippen LogP contribution in [0, 0.1) is 5.92 Å². The Hall–Kier alpha value is -2.95.